The summed E-state index contributed by atoms with van der Waals surface area (Å²) >= 11 is 0. The van der Waals surface area contributed by atoms with Crippen LogP contribution >= 0.6 is 0 Å². The van der Waals surface area contributed by atoms with Crippen LogP contribution in [-0.2, 0) is 0 Å². The highest BCUT2D eigenvalue weighted by atomic mass is 16.3. The number of aliphatic hydroxyl groups is 1. The molecule has 0 aromatic rings. The van der Waals surface area contributed by atoms with Crippen molar-refractivity contribution in [3.05, 3.63) is 0 Å². The normalized spacial score (nSPS) is 53.5. The van der Waals surface area contributed by atoms with E-state index in [-0.39, 0.29) is 11.0 Å². The first kappa shape index (κ1) is 7.60. The molecule has 3 aliphatic rings. The molecule has 3 atom stereocenters. The van der Waals surface area contributed by atoms with Gasteiger partial charge in [-0.1, -0.05) is 20.8 Å². The molecule has 0 aliphatic heterocycles. The van der Waals surface area contributed by atoms with Crippen LogP contribution in [0.2, 0.25) is 0 Å². The minimum atomic E-state index is -0.301. The van der Waals surface area contributed by atoms with Crippen LogP contribution in [0, 0.1) is 17.3 Å². The van der Waals surface area contributed by atoms with Gasteiger partial charge in [0, 0.05) is 0 Å². The highest BCUT2D eigenvalue weighted by Crippen LogP contribution is 2.63. The van der Waals surface area contributed by atoms with Gasteiger partial charge in [0.15, 0.2) is 0 Å². The Labute approximate surface area is 68.8 Å². The van der Waals surface area contributed by atoms with Crippen molar-refractivity contribution >= 4 is 0 Å². The monoisotopic (exact) mass is 154 g/mol. The van der Waals surface area contributed by atoms with Crippen molar-refractivity contribution in [2.24, 2.45) is 17.3 Å². The average Bonchev–Trinajstić information content (AvgIpc) is 1.94. The molecule has 1 nitrogen and oxygen atoms in total. The Kier molecular flexibility index (Phi) is 1.26. The molecule has 0 spiro atoms. The standard InChI is InChI=1S/C10H18O/c1-7-4-5-10(11)6-8(7)9(10,2)3/h7-8,11H,4-6H2,1-3H3. The van der Waals surface area contributed by atoms with E-state index in [4.69, 9.17) is 0 Å². The molecule has 3 saturated carbocycles. The number of rotatable bonds is 0. The summed E-state index contributed by atoms with van der Waals surface area (Å²) in [6.07, 6.45) is 3.31. The molecular formula is C10H18O. The van der Waals surface area contributed by atoms with Crippen molar-refractivity contribution in [2.45, 2.75) is 45.6 Å². The third-order valence-corrected chi connectivity index (χ3v) is 4.38. The molecule has 1 N–H and O–H groups in total. The van der Waals surface area contributed by atoms with Crippen molar-refractivity contribution in [1.82, 2.24) is 0 Å². The van der Waals surface area contributed by atoms with Gasteiger partial charge in [0.25, 0.3) is 0 Å². The third kappa shape index (κ3) is 0.703. The van der Waals surface area contributed by atoms with Gasteiger partial charge in [-0.15, -0.1) is 0 Å². The summed E-state index contributed by atoms with van der Waals surface area (Å²) in [7, 11) is 0. The molecular weight excluding hydrogens is 136 g/mol. The van der Waals surface area contributed by atoms with Gasteiger partial charge in [0.1, 0.15) is 0 Å². The SMILES string of the molecule is CC1CCC2(O)CC1C2(C)C. The van der Waals surface area contributed by atoms with Crippen LogP contribution in [0.25, 0.3) is 0 Å². The van der Waals surface area contributed by atoms with Crippen LogP contribution in [0.3, 0.4) is 0 Å². The minimum Gasteiger partial charge on any atom is -0.389 e. The lowest BCUT2D eigenvalue weighted by Crippen LogP contribution is -2.65. The van der Waals surface area contributed by atoms with E-state index >= 15 is 0 Å². The van der Waals surface area contributed by atoms with Gasteiger partial charge in [0.2, 0.25) is 0 Å². The summed E-state index contributed by atoms with van der Waals surface area (Å²) in [6, 6.07) is 0. The van der Waals surface area contributed by atoms with Crippen LogP contribution in [0.15, 0.2) is 0 Å². The first-order valence-electron chi connectivity index (χ1n) is 4.70. The van der Waals surface area contributed by atoms with Gasteiger partial charge in [-0.05, 0) is 36.5 Å². The quantitative estimate of drug-likeness (QED) is 0.567. The van der Waals surface area contributed by atoms with Gasteiger partial charge in [-0.3, -0.25) is 0 Å². The summed E-state index contributed by atoms with van der Waals surface area (Å²) in [6.45, 7) is 6.76. The van der Waals surface area contributed by atoms with Crippen molar-refractivity contribution in [1.29, 1.82) is 0 Å². The molecule has 0 saturated heterocycles. The maximum absolute atomic E-state index is 10.1. The molecule has 0 radical (unpaired) electrons. The molecule has 3 unspecified atom stereocenters. The van der Waals surface area contributed by atoms with Crippen LogP contribution in [0.1, 0.15) is 40.0 Å². The zero-order valence-electron chi connectivity index (χ0n) is 7.72. The molecule has 3 fully saturated rings. The molecule has 64 valence electrons. The topological polar surface area (TPSA) is 20.2 Å². The Morgan fingerprint density at radius 3 is 2.36 bits per heavy atom. The third-order valence-electron chi connectivity index (χ3n) is 4.38. The second kappa shape index (κ2) is 1.82. The Morgan fingerprint density at radius 2 is 2.00 bits per heavy atom. The molecule has 0 aromatic carbocycles. The molecule has 0 amide bonds. The molecule has 3 aliphatic carbocycles. The predicted molar refractivity (Wildman–Crippen MR) is 45.2 cm³/mol. The molecule has 0 aromatic heterocycles. The molecule has 11 heavy (non-hydrogen) atoms. The molecule has 1 heteroatoms. The van der Waals surface area contributed by atoms with Gasteiger partial charge in [-0.2, -0.15) is 0 Å². The summed E-state index contributed by atoms with van der Waals surface area (Å²) in [5.41, 5.74) is -0.102. The highest BCUT2D eigenvalue weighted by molar-refractivity contribution is 5.13. The molecule has 2 bridgehead atoms. The van der Waals surface area contributed by atoms with E-state index in [0.29, 0.717) is 0 Å². The van der Waals surface area contributed by atoms with E-state index in [1.807, 2.05) is 0 Å². The lowest BCUT2D eigenvalue weighted by Gasteiger charge is -2.65. The van der Waals surface area contributed by atoms with Gasteiger partial charge < -0.3 is 5.11 Å². The van der Waals surface area contributed by atoms with Crippen LogP contribution < -0.4 is 0 Å². The maximum Gasteiger partial charge on any atom is 0.0704 e. The van der Waals surface area contributed by atoms with E-state index in [1.165, 1.54) is 6.42 Å². The Hall–Kier alpha value is -0.0400. The Bertz CT molecular complexity index is 181. The smallest absolute Gasteiger partial charge is 0.0704 e. The first-order valence-corrected chi connectivity index (χ1v) is 4.70. The lowest BCUT2D eigenvalue weighted by atomic mass is 9.43. The summed E-state index contributed by atoms with van der Waals surface area (Å²) in [4.78, 5) is 0. The minimum absolute atomic E-state index is 0.199. The fraction of sp³-hybridized carbons (Fsp3) is 1.00. The summed E-state index contributed by atoms with van der Waals surface area (Å²) in [5, 5.41) is 10.1. The van der Waals surface area contributed by atoms with E-state index in [9.17, 15) is 5.11 Å². The van der Waals surface area contributed by atoms with Gasteiger partial charge >= 0.3 is 0 Å². The fourth-order valence-electron chi connectivity index (χ4n) is 3.10. The van der Waals surface area contributed by atoms with E-state index < -0.39 is 0 Å². The second-order valence-corrected chi connectivity index (χ2v) is 5.08. The van der Waals surface area contributed by atoms with Crippen LogP contribution in [0.5, 0.6) is 0 Å². The zero-order chi connectivity index (χ0) is 8.28. The van der Waals surface area contributed by atoms with Crippen molar-refractivity contribution in [2.75, 3.05) is 0 Å². The summed E-state index contributed by atoms with van der Waals surface area (Å²) < 4.78 is 0. The lowest BCUT2D eigenvalue weighted by molar-refractivity contribution is -0.241. The largest absolute Gasteiger partial charge is 0.389 e. The predicted octanol–water partition coefficient (Wildman–Crippen LogP) is 2.19. The van der Waals surface area contributed by atoms with Crippen molar-refractivity contribution in [3.8, 4) is 0 Å². The maximum atomic E-state index is 10.1. The highest BCUT2D eigenvalue weighted by Gasteiger charge is 2.62. The summed E-state index contributed by atoms with van der Waals surface area (Å²) in [5.74, 6) is 1.61. The molecule has 0 heterocycles. The van der Waals surface area contributed by atoms with Gasteiger partial charge in [-0.25, -0.2) is 0 Å². The van der Waals surface area contributed by atoms with Crippen molar-refractivity contribution < 1.29 is 5.11 Å². The van der Waals surface area contributed by atoms with E-state index in [2.05, 4.69) is 20.8 Å². The van der Waals surface area contributed by atoms with E-state index in [0.717, 1.165) is 24.7 Å². The van der Waals surface area contributed by atoms with Crippen molar-refractivity contribution in [3.63, 3.8) is 0 Å². The first-order chi connectivity index (χ1) is 4.97. The average molecular weight is 154 g/mol. The number of fused-ring (bicyclic) bond motifs is 2. The second-order valence-electron chi connectivity index (χ2n) is 5.08. The fourth-order valence-corrected chi connectivity index (χ4v) is 3.10. The van der Waals surface area contributed by atoms with E-state index in [1.54, 1.807) is 0 Å². The number of hydrogen-bond acceptors (Lipinski definition) is 1. The van der Waals surface area contributed by atoms with Gasteiger partial charge in [0.05, 0.1) is 5.60 Å². The number of hydrogen-bond donors (Lipinski definition) is 1. The Balaban J connectivity index is 2.25. The molecule has 3 rings (SSSR count). The van der Waals surface area contributed by atoms with Crippen LogP contribution in [-0.4, -0.2) is 10.7 Å². The zero-order valence-corrected chi connectivity index (χ0v) is 7.72. The van der Waals surface area contributed by atoms with Crippen LogP contribution in [0.4, 0.5) is 0 Å². The Morgan fingerprint density at radius 1 is 1.36 bits per heavy atom.